The minimum atomic E-state index is 0.0472. The molecule has 0 saturated carbocycles. The topological polar surface area (TPSA) is 17.1 Å². The Labute approximate surface area is 116 Å². The lowest BCUT2D eigenvalue weighted by Crippen LogP contribution is -2.02. The van der Waals surface area contributed by atoms with Gasteiger partial charge in [-0.1, -0.05) is 46.3 Å². The van der Waals surface area contributed by atoms with E-state index in [4.69, 9.17) is 0 Å². The Hall–Kier alpha value is -0.680. The predicted octanol–water partition coefficient (Wildman–Crippen LogP) is 4.28. The van der Waals surface area contributed by atoms with Crippen LogP contribution in [0.1, 0.15) is 15.9 Å². The smallest absolute Gasteiger partial charge is 0.194 e. The minimum absolute atomic E-state index is 0.0472. The zero-order valence-corrected chi connectivity index (χ0v) is 12.0. The summed E-state index contributed by atoms with van der Waals surface area (Å²) in [6, 6.07) is 15.1. The third kappa shape index (κ3) is 2.52. The van der Waals surface area contributed by atoms with E-state index in [0.29, 0.717) is 11.1 Å². The van der Waals surface area contributed by atoms with Crippen LogP contribution in [0, 0.1) is 3.57 Å². The fourth-order valence-electron chi connectivity index (χ4n) is 1.42. The van der Waals surface area contributed by atoms with Gasteiger partial charge in [0.15, 0.2) is 5.78 Å². The molecule has 2 aromatic rings. The fourth-order valence-corrected chi connectivity index (χ4v) is 2.33. The third-order valence-electron chi connectivity index (χ3n) is 2.21. The largest absolute Gasteiger partial charge is 0.289 e. The molecule has 0 heterocycles. The maximum Gasteiger partial charge on any atom is 0.194 e. The number of rotatable bonds is 2. The first kappa shape index (κ1) is 11.8. The van der Waals surface area contributed by atoms with Gasteiger partial charge in [0, 0.05) is 19.2 Å². The number of hydrogen-bond donors (Lipinski definition) is 0. The van der Waals surface area contributed by atoms with Crippen molar-refractivity contribution in [1.82, 2.24) is 0 Å². The van der Waals surface area contributed by atoms with Gasteiger partial charge in [-0.25, -0.2) is 0 Å². The lowest BCUT2D eigenvalue weighted by Gasteiger charge is -2.04. The summed E-state index contributed by atoms with van der Waals surface area (Å²) in [5.74, 6) is 0.0472. The minimum Gasteiger partial charge on any atom is -0.289 e. The van der Waals surface area contributed by atoms with Crippen LogP contribution in [0.4, 0.5) is 0 Å². The lowest BCUT2D eigenvalue weighted by atomic mass is 10.0. The van der Waals surface area contributed by atoms with Crippen molar-refractivity contribution in [2.75, 3.05) is 0 Å². The Balaban J connectivity index is 2.46. The second-order valence-electron chi connectivity index (χ2n) is 3.32. The highest BCUT2D eigenvalue weighted by atomic mass is 127. The van der Waals surface area contributed by atoms with Gasteiger partial charge < -0.3 is 0 Å². The molecule has 0 saturated heterocycles. The first-order valence-corrected chi connectivity index (χ1v) is 6.60. The van der Waals surface area contributed by atoms with Crippen molar-refractivity contribution in [2.24, 2.45) is 0 Å². The van der Waals surface area contributed by atoms with Gasteiger partial charge in [0.25, 0.3) is 0 Å². The van der Waals surface area contributed by atoms with Crippen LogP contribution in [0.15, 0.2) is 53.0 Å². The highest BCUT2D eigenvalue weighted by molar-refractivity contribution is 14.1. The summed E-state index contributed by atoms with van der Waals surface area (Å²) in [4.78, 5) is 12.2. The standard InChI is InChI=1S/C13H8BrIO/c14-12-7-6-10(15)8-11(12)13(16)9-4-2-1-3-5-9/h1-8H. The van der Waals surface area contributed by atoms with Gasteiger partial charge in [-0.2, -0.15) is 0 Å². The zero-order valence-electron chi connectivity index (χ0n) is 8.28. The van der Waals surface area contributed by atoms with E-state index in [1.54, 1.807) is 0 Å². The molecular formula is C13H8BrIO. The summed E-state index contributed by atoms with van der Waals surface area (Å²) in [7, 11) is 0. The van der Waals surface area contributed by atoms with Crippen molar-refractivity contribution in [3.05, 3.63) is 67.7 Å². The van der Waals surface area contributed by atoms with Gasteiger partial charge in [-0.3, -0.25) is 4.79 Å². The van der Waals surface area contributed by atoms with E-state index in [2.05, 4.69) is 38.5 Å². The average Bonchev–Trinajstić information content (AvgIpc) is 2.32. The van der Waals surface area contributed by atoms with Crippen LogP contribution in [0.25, 0.3) is 0 Å². The molecule has 16 heavy (non-hydrogen) atoms. The first-order valence-electron chi connectivity index (χ1n) is 4.73. The number of halogens is 2. The molecule has 2 aromatic carbocycles. The quantitative estimate of drug-likeness (QED) is 0.556. The van der Waals surface area contributed by atoms with Crippen LogP contribution in [0.5, 0.6) is 0 Å². The second kappa shape index (κ2) is 5.10. The van der Waals surface area contributed by atoms with Gasteiger partial charge in [0.05, 0.1) is 0 Å². The number of carbonyl (C=O) groups is 1. The molecule has 0 aliphatic carbocycles. The van der Waals surface area contributed by atoms with E-state index >= 15 is 0 Å². The average molecular weight is 387 g/mol. The maximum atomic E-state index is 12.2. The number of carbonyl (C=O) groups excluding carboxylic acids is 1. The normalized spacial score (nSPS) is 10.1. The van der Waals surface area contributed by atoms with Crippen molar-refractivity contribution in [3.63, 3.8) is 0 Å². The summed E-state index contributed by atoms with van der Waals surface area (Å²) in [6.07, 6.45) is 0. The summed E-state index contributed by atoms with van der Waals surface area (Å²) in [5, 5.41) is 0. The summed E-state index contributed by atoms with van der Waals surface area (Å²) >= 11 is 5.61. The summed E-state index contributed by atoms with van der Waals surface area (Å²) < 4.78 is 1.89. The molecule has 1 nitrogen and oxygen atoms in total. The van der Waals surface area contributed by atoms with Gasteiger partial charge in [0.2, 0.25) is 0 Å². The van der Waals surface area contributed by atoms with E-state index in [1.165, 1.54) is 0 Å². The van der Waals surface area contributed by atoms with Crippen LogP contribution in [0.3, 0.4) is 0 Å². The molecule has 0 fully saturated rings. The van der Waals surface area contributed by atoms with Gasteiger partial charge in [0.1, 0.15) is 0 Å². The molecule has 0 amide bonds. The molecule has 0 aliphatic heterocycles. The molecule has 0 aliphatic rings. The Morgan fingerprint density at radius 3 is 2.44 bits per heavy atom. The number of hydrogen-bond acceptors (Lipinski definition) is 1. The summed E-state index contributed by atoms with van der Waals surface area (Å²) in [6.45, 7) is 0. The van der Waals surface area contributed by atoms with Crippen molar-refractivity contribution in [3.8, 4) is 0 Å². The van der Waals surface area contributed by atoms with E-state index in [1.807, 2.05) is 48.5 Å². The van der Waals surface area contributed by atoms with E-state index < -0.39 is 0 Å². The van der Waals surface area contributed by atoms with E-state index in [0.717, 1.165) is 8.04 Å². The van der Waals surface area contributed by atoms with Crippen LogP contribution in [0.2, 0.25) is 0 Å². The zero-order chi connectivity index (χ0) is 11.5. The lowest BCUT2D eigenvalue weighted by molar-refractivity contribution is 0.103. The van der Waals surface area contributed by atoms with Crippen LogP contribution in [-0.4, -0.2) is 5.78 Å². The van der Waals surface area contributed by atoms with Gasteiger partial charge in [-0.15, -0.1) is 0 Å². The monoisotopic (exact) mass is 386 g/mol. The predicted molar refractivity (Wildman–Crippen MR) is 76.7 cm³/mol. The Morgan fingerprint density at radius 2 is 1.75 bits per heavy atom. The molecule has 0 unspecified atom stereocenters. The molecule has 0 bridgehead atoms. The fraction of sp³-hybridized carbons (Fsp3) is 0. The van der Waals surface area contributed by atoms with Gasteiger partial charge >= 0.3 is 0 Å². The molecule has 3 heteroatoms. The molecule has 0 N–H and O–H groups in total. The molecule has 0 spiro atoms. The Morgan fingerprint density at radius 1 is 1.06 bits per heavy atom. The summed E-state index contributed by atoms with van der Waals surface area (Å²) in [5.41, 5.74) is 1.42. The molecular weight excluding hydrogens is 379 g/mol. The Bertz CT molecular complexity index is 523. The van der Waals surface area contributed by atoms with Crippen molar-refractivity contribution >= 4 is 44.3 Å². The van der Waals surface area contributed by atoms with Crippen LogP contribution in [-0.2, 0) is 0 Å². The molecule has 0 radical (unpaired) electrons. The maximum absolute atomic E-state index is 12.2. The van der Waals surface area contributed by atoms with Crippen molar-refractivity contribution in [2.45, 2.75) is 0 Å². The SMILES string of the molecule is O=C(c1ccccc1)c1cc(I)ccc1Br. The highest BCUT2D eigenvalue weighted by Crippen LogP contribution is 2.22. The first-order chi connectivity index (χ1) is 7.68. The van der Waals surface area contributed by atoms with E-state index in [9.17, 15) is 4.79 Å². The molecule has 80 valence electrons. The molecule has 0 aromatic heterocycles. The third-order valence-corrected chi connectivity index (χ3v) is 3.57. The molecule has 2 rings (SSSR count). The highest BCUT2D eigenvalue weighted by Gasteiger charge is 2.12. The van der Waals surface area contributed by atoms with Gasteiger partial charge in [-0.05, 0) is 40.8 Å². The van der Waals surface area contributed by atoms with Crippen LogP contribution < -0.4 is 0 Å². The van der Waals surface area contributed by atoms with E-state index in [-0.39, 0.29) is 5.78 Å². The second-order valence-corrected chi connectivity index (χ2v) is 5.42. The van der Waals surface area contributed by atoms with Crippen molar-refractivity contribution < 1.29 is 4.79 Å². The molecule has 0 atom stereocenters. The number of ketones is 1. The van der Waals surface area contributed by atoms with Crippen molar-refractivity contribution in [1.29, 1.82) is 0 Å². The van der Waals surface area contributed by atoms with Crippen LogP contribution >= 0.6 is 38.5 Å². The number of benzene rings is 2. The Kier molecular flexibility index (Phi) is 3.76.